The van der Waals surface area contributed by atoms with Gasteiger partial charge < -0.3 is 9.73 Å². The summed E-state index contributed by atoms with van der Waals surface area (Å²) in [5.41, 5.74) is 1.39. The molecule has 7 heteroatoms. The van der Waals surface area contributed by atoms with E-state index in [1.807, 2.05) is 13.0 Å². The lowest BCUT2D eigenvalue weighted by Gasteiger charge is -2.07. The Balaban J connectivity index is 2.27. The van der Waals surface area contributed by atoms with Gasteiger partial charge in [0.1, 0.15) is 5.69 Å². The molecule has 0 saturated heterocycles. The molecule has 0 aromatic carbocycles. The fourth-order valence-corrected chi connectivity index (χ4v) is 1.92. The predicted molar refractivity (Wildman–Crippen MR) is 69.9 cm³/mol. The highest BCUT2D eigenvalue weighted by molar-refractivity contribution is 5.59. The van der Waals surface area contributed by atoms with E-state index in [0.717, 1.165) is 12.0 Å². The number of nitro groups is 1. The second-order valence-electron chi connectivity index (χ2n) is 4.25. The number of nitrogens with zero attached hydrogens (tertiary/aromatic N) is 3. The van der Waals surface area contributed by atoms with Crippen LogP contribution in [0.4, 0.5) is 11.5 Å². The Labute approximate surface area is 110 Å². The van der Waals surface area contributed by atoms with E-state index in [2.05, 4.69) is 10.4 Å². The molecule has 2 rings (SSSR count). The monoisotopic (exact) mass is 264 g/mol. The zero-order valence-corrected chi connectivity index (χ0v) is 10.9. The Morgan fingerprint density at radius 1 is 1.58 bits per heavy atom. The third kappa shape index (κ3) is 2.75. The molecule has 0 spiro atoms. The molecule has 0 fully saturated rings. The van der Waals surface area contributed by atoms with Gasteiger partial charge in [0.05, 0.1) is 17.4 Å². The van der Waals surface area contributed by atoms with E-state index in [9.17, 15) is 10.1 Å². The van der Waals surface area contributed by atoms with Gasteiger partial charge in [0.25, 0.3) is 0 Å². The number of rotatable bonds is 6. The smallest absolute Gasteiger partial charge is 0.333 e. The Hall–Kier alpha value is -2.31. The van der Waals surface area contributed by atoms with Gasteiger partial charge in [0.2, 0.25) is 5.82 Å². The minimum atomic E-state index is -0.397. The van der Waals surface area contributed by atoms with Gasteiger partial charge in [-0.2, -0.15) is 5.10 Å². The molecular formula is C12H16N4O3. The van der Waals surface area contributed by atoms with E-state index in [1.165, 1.54) is 0 Å². The molecular weight excluding hydrogens is 248 g/mol. The van der Waals surface area contributed by atoms with Crippen molar-refractivity contribution in [3.8, 4) is 0 Å². The molecule has 0 aliphatic carbocycles. The van der Waals surface area contributed by atoms with Gasteiger partial charge in [0, 0.05) is 18.7 Å². The van der Waals surface area contributed by atoms with Crippen LogP contribution in [0.3, 0.4) is 0 Å². The first-order chi connectivity index (χ1) is 9.13. The minimum Gasteiger partial charge on any atom is -0.472 e. The van der Waals surface area contributed by atoms with Crippen LogP contribution in [-0.4, -0.2) is 14.7 Å². The van der Waals surface area contributed by atoms with Crippen LogP contribution < -0.4 is 5.32 Å². The summed E-state index contributed by atoms with van der Waals surface area (Å²) in [5, 5.41) is 18.4. The highest BCUT2D eigenvalue weighted by Crippen LogP contribution is 2.28. The lowest BCUT2D eigenvalue weighted by Crippen LogP contribution is -2.08. The summed E-state index contributed by atoms with van der Waals surface area (Å²) >= 11 is 0. The number of anilines is 1. The summed E-state index contributed by atoms with van der Waals surface area (Å²) < 4.78 is 6.61. The molecule has 0 saturated carbocycles. The molecule has 0 bridgehead atoms. The quantitative estimate of drug-likeness (QED) is 0.640. The summed E-state index contributed by atoms with van der Waals surface area (Å²) in [5.74, 6) is 0.450. The maximum absolute atomic E-state index is 11.1. The first kappa shape index (κ1) is 13.1. The molecule has 0 aliphatic rings. The molecule has 0 radical (unpaired) electrons. The van der Waals surface area contributed by atoms with Crippen LogP contribution in [0.25, 0.3) is 0 Å². The second kappa shape index (κ2) is 5.55. The van der Waals surface area contributed by atoms with Crippen LogP contribution in [0.2, 0.25) is 0 Å². The average molecular weight is 264 g/mol. The number of nitrogens with one attached hydrogen (secondary N) is 1. The molecule has 2 aromatic rings. The number of aromatic nitrogens is 2. The molecule has 2 heterocycles. The van der Waals surface area contributed by atoms with Gasteiger partial charge in [-0.05, 0) is 19.4 Å². The average Bonchev–Trinajstić information content (AvgIpc) is 2.95. The van der Waals surface area contributed by atoms with E-state index >= 15 is 0 Å². The van der Waals surface area contributed by atoms with Crippen LogP contribution in [0.1, 0.15) is 24.6 Å². The molecule has 1 N–H and O–H groups in total. The normalized spacial score (nSPS) is 10.6. The van der Waals surface area contributed by atoms with E-state index < -0.39 is 4.92 Å². The van der Waals surface area contributed by atoms with Crippen molar-refractivity contribution in [1.29, 1.82) is 0 Å². The predicted octanol–water partition coefficient (Wildman–Crippen LogP) is 2.71. The first-order valence-corrected chi connectivity index (χ1v) is 6.10. The van der Waals surface area contributed by atoms with Crippen LogP contribution >= 0.6 is 0 Å². The molecule has 0 unspecified atom stereocenters. The SMILES string of the molecule is CCCn1nc(C)c([N+](=O)[O-])c1NCc1ccoc1. The lowest BCUT2D eigenvalue weighted by atomic mass is 10.3. The summed E-state index contributed by atoms with van der Waals surface area (Å²) in [7, 11) is 0. The summed E-state index contributed by atoms with van der Waals surface area (Å²) in [4.78, 5) is 10.7. The molecule has 0 amide bonds. The lowest BCUT2D eigenvalue weighted by molar-refractivity contribution is -0.384. The summed E-state index contributed by atoms with van der Waals surface area (Å²) in [6.07, 6.45) is 4.03. The number of furan rings is 1. The van der Waals surface area contributed by atoms with Crippen molar-refractivity contribution in [2.24, 2.45) is 0 Å². The Morgan fingerprint density at radius 3 is 2.95 bits per heavy atom. The summed E-state index contributed by atoms with van der Waals surface area (Å²) in [6.45, 7) is 4.75. The zero-order valence-electron chi connectivity index (χ0n) is 10.9. The molecule has 0 aliphatic heterocycles. The Kier molecular flexibility index (Phi) is 3.84. The van der Waals surface area contributed by atoms with Crippen LogP contribution in [0.5, 0.6) is 0 Å². The van der Waals surface area contributed by atoms with Crippen molar-refractivity contribution in [3.63, 3.8) is 0 Å². The maximum atomic E-state index is 11.1. The largest absolute Gasteiger partial charge is 0.472 e. The standard InChI is InChI=1S/C12H16N4O3/c1-3-5-15-12(11(16(17)18)9(2)14-15)13-7-10-4-6-19-8-10/h4,6,8,13H,3,5,7H2,1-2H3. The van der Waals surface area contributed by atoms with Gasteiger partial charge in [-0.3, -0.25) is 10.1 Å². The van der Waals surface area contributed by atoms with Crippen molar-refractivity contribution in [2.45, 2.75) is 33.4 Å². The Bertz CT molecular complexity index is 560. The van der Waals surface area contributed by atoms with Gasteiger partial charge in [-0.1, -0.05) is 6.92 Å². The van der Waals surface area contributed by atoms with E-state index in [4.69, 9.17) is 4.42 Å². The fraction of sp³-hybridized carbons (Fsp3) is 0.417. The van der Waals surface area contributed by atoms with Crippen LogP contribution in [-0.2, 0) is 13.1 Å². The van der Waals surface area contributed by atoms with Crippen LogP contribution in [0, 0.1) is 17.0 Å². The van der Waals surface area contributed by atoms with Crippen molar-refractivity contribution in [2.75, 3.05) is 5.32 Å². The van der Waals surface area contributed by atoms with Crippen molar-refractivity contribution in [3.05, 3.63) is 40.0 Å². The number of hydrogen-bond donors (Lipinski definition) is 1. The second-order valence-corrected chi connectivity index (χ2v) is 4.25. The topological polar surface area (TPSA) is 86.1 Å². The highest BCUT2D eigenvalue weighted by Gasteiger charge is 2.24. The van der Waals surface area contributed by atoms with E-state index in [-0.39, 0.29) is 5.69 Å². The van der Waals surface area contributed by atoms with Gasteiger partial charge >= 0.3 is 5.69 Å². The third-order valence-corrected chi connectivity index (χ3v) is 2.75. The van der Waals surface area contributed by atoms with Gasteiger partial charge in [0.15, 0.2) is 0 Å². The molecule has 7 nitrogen and oxygen atoms in total. The zero-order chi connectivity index (χ0) is 13.8. The molecule has 0 atom stereocenters. The maximum Gasteiger partial charge on any atom is 0.333 e. The van der Waals surface area contributed by atoms with E-state index in [0.29, 0.717) is 24.6 Å². The number of aryl methyl sites for hydroxylation is 2. The molecule has 19 heavy (non-hydrogen) atoms. The van der Waals surface area contributed by atoms with Gasteiger partial charge in [-0.25, -0.2) is 4.68 Å². The highest BCUT2D eigenvalue weighted by atomic mass is 16.6. The summed E-state index contributed by atoms with van der Waals surface area (Å²) in [6, 6.07) is 1.81. The van der Waals surface area contributed by atoms with Crippen molar-refractivity contribution in [1.82, 2.24) is 9.78 Å². The van der Waals surface area contributed by atoms with Gasteiger partial charge in [-0.15, -0.1) is 0 Å². The minimum absolute atomic E-state index is 0.0388. The Morgan fingerprint density at radius 2 is 2.37 bits per heavy atom. The molecule has 2 aromatic heterocycles. The van der Waals surface area contributed by atoms with Crippen molar-refractivity contribution >= 4 is 11.5 Å². The van der Waals surface area contributed by atoms with Crippen molar-refractivity contribution < 1.29 is 9.34 Å². The fourth-order valence-electron chi connectivity index (χ4n) is 1.92. The molecule has 102 valence electrons. The third-order valence-electron chi connectivity index (χ3n) is 2.75. The first-order valence-electron chi connectivity index (χ1n) is 6.10. The van der Waals surface area contributed by atoms with E-state index in [1.54, 1.807) is 24.1 Å². The number of hydrogen-bond acceptors (Lipinski definition) is 5. The van der Waals surface area contributed by atoms with Crippen LogP contribution in [0.15, 0.2) is 23.0 Å².